The number of hydrogen-bond acceptors (Lipinski definition) is 3. The van der Waals surface area contributed by atoms with Gasteiger partial charge >= 0.3 is 6.03 Å². The van der Waals surface area contributed by atoms with Crippen molar-refractivity contribution >= 4 is 40.8 Å². The molecule has 1 heterocycles. The van der Waals surface area contributed by atoms with E-state index >= 15 is 0 Å². The first-order valence-electron chi connectivity index (χ1n) is 9.53. The van der Waals surface area contributed by atoms with Gasteiger partial charge in [-0.05, 0) is 54.8 Å². The van der Waals surface area contributed by atoms with Crippen molar-refractivity contribution in [2.45, 2.75) is 33.2 Å². The first kappa shape index (κ1) is 20.9. The fraction of sp³-hybridized carbons (Fsp3) is 0.318. The highest BCUT2D eigenvalue weighted by atomic mass is 35.5. The zero-order valence-corrected chi connectivity index (χ0v) is 17.4. The quantitative estimate of drug-likeness (QED) is 0.710. The maximum Gasteiger partial charge on any atom is 0.332 e. The number of carbonyl (C=O) groups excluding carboxylic acids is 3. The number of imide groups is 1. The van der Waals surface area contributed by atoms with Crippen LogP contribution in [0.3, 0.4) is 0 Å². The zero-order chi connectivity index (χ0) is 21.1. The van der Waals surface area contributed by atoms with Gasteiger partial charge in [0.2, 0.25) is 5.91 Å². The molecule has 2 aromatic rings. The number of hydrogen-bond donors (Lipinski definition) is 1. The Balaban J connectivity index is 1.82. The number of amides is 4. The van der Waals surface area contributed by atoms with Crippen molar-refractivity contribution in [1.29, 1.82) is 0 Å². The lowest BCUT2D eigenvalue weighted by Crippen LogP contribution is -2.40. The molecular formula is C22H24ClN3O3. The molecule has 1 fully saturated rings. The number of urea groups is 1. The predicted molar refractivity (Wildman–Crippen MR) is 114 cm³/mol. The van der Waals surface area contributed by atoms with Crippen LogP contribution in [0.25, 0.3) is 0 Å². The van der Waals surface area contributed by atoms with Crippen molar-refractivity contribution in [2.24, 2.45) is 5.92 Å². The molecule has 0 aromatic heterocycles. The van der Waals surface area contributed by atoms with Gasteiger partial charge in [0.1, 0.15) is 6.04 Å². The molecule has 1 saturated heterocycles. The van der Waals surface area contributed by atoms with Gasteiger partial charge in [-0.3, -0.25) is 9.59 Å². The molecule has 1 aliphatic rings. The summed E-state index contributed by atoms with van der Waals surface area (Å²) in [5, 5.41) is 3.33. The Hall–Kier alpha value is -2.86. The summed E-state index contributed by atoms with van der Waals surface area (Å²) >= 11 is 5.87. The van der Waals surface area contributed by atoms with Crippen LogP contribution in [-0.4, -0.2) is 35.3 Å². The molecule has 0 unspecified atom stereocenters. The summed E-state index contributed by atoms with van der Waals surface area (Å²) in [5.41, 5.74) is 2.05. The lowest BCUT2D eigenvalue weighted by atomic mass is 10.1. The summed E-state index contributed by atoms with van der Waals surface area (Å²) in [6.07, 6.45) is -0.109. The largest absolute Gasteiger partial charge is 0.332 e. The zero-order valence-electron chi connectivity index (χ0n) is 16.7. The van der Waals surface area contributed by atoms with E-state index in [9.17, 15) is 14.4 Å². The van der Waals surface area contributed by atoms with Crippen molar-refractivity contribution in [3.63, 3.8) is 0 Å². The molecule has 0 saturated carbocycles. The van der Waals surface area contributed by atoms with E-state index in [4.69, 9.17) is 11.6 Å². The Bertz CT molecular complexity index is 927. The minimum atomic E-state index is -0.835. The molecule has 3 rings (SSSR count). The van der Waals surface area contributed by atoms with Gasteiger partial charge < -0.3 is 10.2 Å². The normalized spacial score (nSPS) is 16.7. The molecule has 6 nitrogen and oxygen atoms in total. The van der Waals surface area contributed by atoms with Crippen LogP contribution in [0, 0.1) is 12.8 Å². The molecule has 152 valence electrons. The van der Waals surface area contributed by atoms with E-state index in [0.717, 1.165) is 5.56 Å². The van der Waals surface area contributed by atoms with Crippen LogP contribution in [0.5, 0.6) is 0 Å². The van der Waals surface area contributed by atoms with Gasteiger partial charge in [0.25, 0.3) is 5.91 Å². The number of halogens is 1. The van der Waals surface area contributed by atoms with Gasteiger partial charge in [0.15, 0.2) is 0 Å². The van der Waals surface area contributed by atoms with Crippen LogP contribution >= 0.6 is 11.6 Å². The van der Waals surface area contributed by atoms with Crippen LogP contribution in [0.15, 0.2) is 48.5 Å². The van der Waals surface area contributed by atoms with E-state index in [0.29, 0.717) is 22.9 Å². The second kappa shape index (κ2) is 8.66. The summed E-state index contributed by atoms with van der Waals surface area (Å²) in [4.78, 5) is 41.4. The first-order valence-corrected chi connectivity index (χ1v) is 9.90. The van der Waals surface area contributed by atoms with Gasteiger partial charge in [-0.1, -0.05) is 37.6 Å². The number of carbonyl (C=O) groups is 3. The summed E-state index contributed by atoms with van der Waals surface area (Å²) in [7, 11) is 0. The third kappa shape index (κ3) is 4.77. The molecule has 1 atom stereocenters. The summed E-state index contributed by atoms with van der Waals surface area (Å²) < 4.78 is 0. The second-order valence-electron chi connectivity index (χ2n) is 7.62. The lowest BCUT2D eigenvalue weighted by molar-refractivity contribution is -0.124. The van der Waals surface area contributed by atoms with E-state index in [1.807, 2.05) is 26.8 Å². The van der Waals surface area contributed by atoms with Gasteiger partial charge in [0.05, 0.1) is 12.1 Å². The lowest BCUT2D eigenvalue weighted by Gasteiger charge is -2.23. The Morgan fingerprint density at radius 1 is 1.14 bits per heavy atom. The van der Waals surface area contributed by atoms with Gasteiger partial charge in [-0.15, -0.1) is 0 Å². The van der Waals surface area contributed by atoms with Crippen molar-refractivity contribution in [2.75, 3.05) is 16.8 Å². The maximum atomic E-state index is 13.1. The summed E-state index contributed by atoms with van der Waals surface area (Å²) in [6, 6.07) is 12.7. The fourth-order valence-electron chi connectivity index (χ4n) is 3.36. The average Bonchev–Trinajstić information content (AvgIpc) is 2.87. The number of benzene rings is 2. The predicted octanol–water partition coefficient (Wildman–Crippen LogP) is 4.47. The molecule has 0 aliphatic carbocycles. The molecule has 4 amide bonds. The van der Waals surface area contributed by atoms with Crippen molar-refractivity contribution < 1.29 is 14.4 Å². The fourth-order valence-corrected chi connectivity index (χ4v) is 3.49. The second-order valence-corrected chi connectivity index (χ2v) is 8.05. The monoisotopic (exact) mass is 413 g/mol. The van der Waals surface area contributed by atoms with E-state index in [1.54, 1.807) is 42.5 Å². The molecule has 29 heavy (non-hydrogen) atoms. The SMILES string of the molecule is Cc1cccc(N2C(=O)[C@H](CC(=O)Nc3ccc(Cl)cc3)N(CC(C)C)C2=O)c1. The average molecular weight is 414 g/mol. The molecule has 0 spiro atoms. The highest BCUT2D eigenvalue weighted by molar-refractivity contribution is 6.30. The summed E-state index contributed by atoms with van der Waals surface area (Å²) in [5.74, 6) is -0.558. The topological polar surface area (TPSA) is 69.7 Å². The summed E-state index contributed by atoms with van der Waals surface area (Å²) in [6.45, 7) is 6.24. The van der Waals surface area contributed by atoms with Gasteiger partial charge in [-0.25, -0.2) is 9.69 Å². The molecular weight excluding hydrogens is 390 g/mol. The van der Waals surface area contributed by atoms with Crippen LogP contribution in [0.1, 0.15) is 25.8 Å². The van der Waals surface area contributed by atoms with E-state index in [1.165, 1.54) is 9.80 Å². The highest BCUT2D eigenvalue weighted by Gasteiger charge is 2.46. The van der Waals surface area contributed by atoms with E-state index < -0.39 is 12.1 Å². The number of nitrogens with zero attached hydrogens (tertiary/aromatic N) is 2. The molecule has 1 N–H and O–H groups in total. The van der Waals surface area contributed by atoms with Gasteiger partial charge in [-0.2, -0.15) is 0 Å². The van der Waals surface area contributed by atoms with Crippen molar-refractivity contribution in [3.05, 3.63) is 59.1 Å². The van der Waals surface area contributed by atoms with E-state index in [2.05, 4.69) is 5.32 Å². The van der Waals surface area contributed by atoms with E-state index in [-0.39, 0.29) is 24.2 Å². The van der Waals surface area contributed by atoms with Crippen LogP contribution in [0.2, 0.25) is 5.02 Å². The molecule has 0 radical (unpaired) electrons. The first-order chi connectivity index (χ1) is 13.8. The van der Waals surface area contributed by atoms with Crippen molar-refractivity contribution in [1.82, 2.24) is 4.90 Å². The standard InChI is InChI=1S/C22H24ClN3O3/c1-14(2)13-25-19(12-20(27)24-17-9-7-16(23)8-10-17)21(28)26(22(25)29)18-6-4-5-15(3)11-18/h4-11,14,19H,12-13H2,1-3H3,(H,24,27)/t19-/m0/s1. The van der Waals surface area contributed by atoms with Crippen LogP contribution in [-0.2, 0) is 9.59 Å². The minimum Gasteiger partial charge on any atom is -0.326 e. The third-order valence-electron chi connectivity index (χ3n) is 4.65. The number of aryl methyl sites for hydroxylation is 1. The number of anilines is 2. The molecule has 7 heteroatoms. The maximum absolute atomic E-state index is 13.1. The smallest absolute Gasteiger partial charge is 0.326 e. The van der Waals surface area contributed by atoms with Gasteiger partial charge in [0, 0.05) is 17.3 Å². The molecule has 1 aliphatic heterocycles. The number of rotatable bonds is 6. The number of nitrogens with one attached hydrogen (secondary N) is 1. The Labute approximate surface area is 175 Å². The highest BCUT2D eigenvalue weighted by Crippen LogP contribution is 2.28. The molecule has 0 bridgehead atoms. The Morgan fingerprint density at radius 2 is 1.83 bits per heavy atom. The molecule has 2 aromatic carbocycles. The minimum absolute atomic E-state index is 0.109. The van der Waals surface area contributed by atoms with Crippen molar-refractivity contribution in [3.8, 4) is 0 Å². The van der Waals surface area contributed by atoms with Crippen LogP contribution < -0.4 is 10.2 Å². The van der Waals surface area contributed by atoms with Crippen LogP contribution in [0.4, 0.5) is 16.2 Å². The Kier molecular flexibility index (Phi) is 6.23. The third-order valence-corrected chi connectivity index (χ3v) is 4.90. The Morgan fingerprint density at radius 3 is 2.45 bits per heavy atom.